The Morgan fingerprint density at radius 1 is 0.333 bits per heavy atom. The van der Waals surface area contributed by atoms with Gasteiger partial charge in [-0.15, -0.1) is 0 Å². The number of hydrogen-bond acceptors (Lipinski definition) is 2. The number of rotatable bonds is 8. The lowest BCUT2D eigenvalue weighted by Crippen LogP contribution is -2.38. The molecular formula is C42H39BO2. The molecule has 0 aliphatic rings. The molecule has 0 bridgehead atoms. The van der Waals surface area contributed by atoms with Crippen LogP contribution in [-0.4, -0.2) is 21.3 Å². The maximum Gasteiger partial charge on any atom is 0.494 e. The van der Waals surface area contributed by atoms with Crippen LogP contribution in [0.3, 0.4) is 0 Å². The summed E-state index contributed by atoms with van der Waals surface area (Å²) in [5.74, 6) is 0. The highest BCUT2D eigenvalue weighted by molar-refractivity contribution is 6.66. The van der Waals surface area contributed by atoms with Crippen LogP contribution in [0.2, 0.25) is 0 Å². The van der Waals surface area contributed by atoms with E-state index in [0.717, 1.165) is 55.5 Å². The van der Waals surface area contributed by atoms with Crippen LogP contribution in [0.4, 0.5) is 0 Å². The highest BCUT2D eigenvalue weighted by atomic mass is 16.6. The third kappa shape index (κ3) is 6.02. The van der Waals surface area contributed by atoms with Crippen molar-refractivity contribution in [3.63, 3.8) is 0 Å². The first-order valence-corrected chi connectivity index (χ1v) is 15.5. The lowest BCUT2D eigenvalue weighted by molar-refractivity contribution is 0.292. The van der Waals surface area contributed by atoms with Crippen LogP contribution in [-0.2, 0) is 9.31 Å². The molecule has 6 aromatic rings. The smallest absolute Gasteiger partial charge is 0.410 e. The molecule has 0 saturated heterocycles. The molecule has 6 aromatic carbocycles. The summed E-state index contributed by atoms with van der Waals surface area (Å²) in [6, 6.07) is 46.3. The van der Waals surface area contributed by atoms with E-state index in [9.17, 15) is 0 Å². The highest BCUT2D eigenvalue weighted by Gasteiger charge is 2.34. The van der Waals surface area contributed by atoms with Gasteiger partial charge in [-0.25, -0.2) is 0 Å². The van der Waals surface area contributed by atoms with E-state index in [2.05, 4.69) is 155 Å². The highest BCUT2D eigenvalue weighted by Crippen LogP contribution is 2.49. The van der Waals surface area contributed by atoms with E-state index >= 15 is 0 Å². The van der Waals surface area contributed by atoms with Crippen molar-refractivity contribution in [2.75, 3.05) is 14.2 Å². The maximum absolute atomic E-state index is 6.19. The van der Waals surface area contributed by atoms with E-state index in [1.807, 2.05) is 0 Å². The van der Waals surface area contributed by atoms with Crippen LogP contribution in [0.1, 0.15) is 22.3 Å². The molecule has 0 aromatic heterocycles. The van der Waals surface area contributed by atoms with Gasteiger partial charge in [0.15, 0.2) is 0 Å². The van der Waals surface area contributed by atoms with Gasteiger partial charge in [-0.3, -0.25) is 0 Å². The Morgan fingerprint density at radius 2 is 0.600 bits per heavy atom. The first-order chi connectivity index (χ1) is 21.9. The van der Waals surface area contributed by atoms with Crippen molar-refractivity contribution in [1.82, 2.24) is 0 Å². The molecular weight excluding hydrogens is 547 g/mol. The summed E-state index contributed by atoms with van der Waals surface area (Å²) < 4.78 is 12.4. The van der Waals surface area contributed by atoms with Gasteiger partial charge in [-0.05, 0) is 88.8 Å². The Labute approximate surface area is 268 Å². The SMILES string of the molecule is COB(OC)c1c(-c2ccccc2)c(-c2ccc(C)cc2)c(-c2ccc(C)cc2)c(-c2ccc(C)cc2)c1-c1ccc(C)cc1. The molecule has 0 saturated carbocycles. The molecule has 0 amide bonds. The van der Waals surface area contributed by atoms with Gasteiger partial charge < -0.3 is 9.31 Å². The van der Waals surface area contributed by atoms with Crippen molar-refractivity contribution in [3.05, 3.63) is 150 Å². The number of aryl methyl sites for hydroxylation is 4. The van der Waals surface area contributed by atoms with E-state index in [-0.39, 0.29) is 0 Å². The minimum atomic E-state index is -0.614. The van der Waals surface area contributed by atoms with Gasteiger partial charge >= 0.3 is 7.12 Å². The largest absolute Gasteiger partial charge is 0.494 e. The zero-order valence-electron chi connectivity index (χ0n) is 27.0. The molecule has 0 atom stereocenters. The summed E-state index contributed by atoms with van der Waals surface area (Å²) >= 11 is 0. The third-order valence-electron chi connectivity index (χ3n) is 8.63. The lowest BCUT2D eigenvalue weighted by atomic mass is 9.64. The molecule has 45 heavy (non-hydrogen) atoms. The second-order valence-electron chi connectivity index (χ2n) is 11.9. The van der Waals surface area contributed by atoms with Crippen molar-refractivity contribution in [2.45, 2.75) is 27.7 Å². The summed E-state index contributed by atoms with van der Waals surface area (Å²) in [5.41, 5.74) is 17.3. The third-order valence-corrected chi connectivity index (χ3v) is 8.63. The van der Waals surface area contributed by atoms with Gasteiger partial charge in [0.2, 0.25) is 0 Å². The van der Waals surface area contributed by atoms with E-state index in [0.29, 0.717) is 0 Å². The molecule has 3 heteroatoms. The Bertz CT molecular complexity index is 1900. The average Bonchev–Trinajstić information content (AvgIpc) is 3.07. The predicted molar refractivity (Wildman–Crippen MR) is 192 cm³/mol. The second kappa shape index (κ2) is 13.1. The Hall–Kier alpha value is -4.70. The molecule has 0 radical (unpaired) electrons. The quantitative estimate of drug-likeness (QED) is 0.165. The molecule has 0 aliphatic carbocycles. The van der Waals surface area contributed by atoms with E-state index in [1.165, 1.54) is 27.8 Å². The van der Waals surface area contributed by atoms with Crippen LogP contribution in [0, 0.1) is 27.7 Å². The fourth-order valence-corrected chi connectivity index (χ4v) is 6.29. The van der Waals surface area contributed by atoms with Gasteiger partial charge in [-0.2, -0.15) is 0 Å². The first-order valence-electron chi connectivity index (χ1n) is 15.5. The van der Waals surface area contributed by atoms with Crippen LogP contribution >= 0.6 is 0 Å². The van der Waals surface area contributed by atoms with Crippen molar-refractivity contribution in [2.24, 2.45) is 0 Å². The molecule has 222 valence electrons. The van der Waals surface area contributed by atoms with Crippen LogP contribution < -0.4 is 5.46 Å². The molecule has 6 rings (SSSR count). The summed E-state index contributed by atoms with van der Waals surface area (Å²) in [5, 5.41) is 0. The molecule has 0 N–H and O–H groups in total. The van der Waals surface area contributed by atoms with Gasteiger partial charge in [0.1, 0.15) is 0 Å². The van der Waals surface area contributed by atoms with Crippen molar-refractivity contribution >= 4 is 12.6 Å². The number of hydrogen-bond donors (Lipinski definition) is 0. The van der Waals surface area contributed by atoms with Gasteiger partial charge in [0.05, 0.1) is 0 Å². The van der Waals surface area contributed by atoms with E-state index < -0.39 is 7.12 Å². The number of benzene rings is 6. The maximum atomic E-state index is 6.19. The second-order valence-corrected chi connectivity index (χ2v) is 11.9. The summed E-state index contributed by atoms with van der Waals surface area (Å²) in [7, 11) is 2.84. The van der Waals surface area contributed by atoms with Crippen molar-refractivity contribution in [1.29, 1.82) is 0 Å². The van der Waals surface area contributed by atoms with Crippen molar-refractivity contribution in [3.8, 4) is 55.6 Å². The molecule has 0 unspecified atom stereocenters. The summed E-state index contributed by atoms with van der Waals surface area (Å²) in [6.45, 7) is 8.55. The van der Waals surface area contributed by atoms with Gasteiger partial charge in [0.25, 0.3) is 0 Å². The minimum absolute atomic E-state index is 0.614. The molecule has 0 fully saturated rings. The Morgan fingerprint density at radius 3 is 0.911 bits per heavy atom. The topological polar surface area (TPSA) is 18.5 Å². The Kier molecular flexibility index (Phi) is 8.84. The molecule has 0 aliphatic heterocycles. The standard InChI is InChI=1S/C42H39BO2/c1-28-12-20-33(21-13-28)37-38(34-22-14-29(2)15-23-34)40(32-10-8-7-9-11-32)42(43(44-5)45-6)41(36-26-18-31(4)19-27-36)39(37)35-24-16-30(3)17-25-35/h7-27H,1-6H3. The van der Waals surface area contributed by atoms with Gasteiger partial charge in [0, 0.05) is 14.2 Å². The minimum Gasteiger partial charge on any atom is -0.410 e. The zero-order valence-corrected chi connectivity index (χ0v) is 27.0. The fourth-order valence-electron chi connectivity index (χ4n) is 6.29. The summed E-state index contributed by atoms with van der Waals surface area (Å²) in [6.07, 6.45) is 0. The zero-order chi connectivity index (χ0) is 31.5. The van der Waals surface area contributed by atoms with Gasteiger partial charge in [-0.1, -0.05) is 150 Å². The van der Waals surface area contributed by atoms with Crippen molar-refractivity contribution < 1.29 is 9.31 Å². The molecule has 2 nitrogen and oxygen atoms in total. The fraction of sp³-hybridized carbons (Fsp3) is 0.143. The van der Waals surface area contributed by atoms with Crippen LogP contribution in [0.15, 0.2) is 127 Å². The average molecular weight is 587 g/mol. The predicted octanol–water partition coefficient (Wildman–Crippen LogP) is 10.2. The van der Waals surface area contributed by atoms with Crippen LogP contribution in [0.5, 0.6) is 0 Å². The Balaban J connectivity index is 1.95. The summed E-state index contributed by atoms with van der Waals surface area (Å²) in [4.78, 5) is 0. The first kappa shape index (κ1) is 30.3. The molecule has 0 spiro atoms. The van der Waals surface area contributed by atoms with Crippen LogP contribution in [0.25, 0.3) is 55.6 Å². The molecule has 0 heterocycles. The van der Waals surface area contributed by atoms with E-state index in [1.54, 1.807) is 14.2 Å². The van der Waals surface area contributed by atoms with E-state index in [4.69, 9.17) is 9.31 Å². The monoisotopic (exact) mass is 586 g/mol. The normalized spacial score (nSPS) is 11.1. The lowest BCUT2D eigenvalue weighted by Gasteiger charge is -2.29.